The highest BCUT2D eigenvalue weighted by Crippen LogP contribution is 2.27. The van der Waals surface area contributed by atoms with E-state index in [0.717, 1.165) is 12.1 Å². The Bertz CT molecular complexity index is 434. The van der Waals surface area contributed by atoms with E-state index in [-0.39, 0.29) is 0 Å². The van der Waals surface area contributed by atoms with E-state index in [2.05, 4.69) is 24.0 Å². The molecule has 2 aromatic rings. The smallest absolute Gasteiger partial charge is 0.124 e. The minimum absolute atomic E-state index is 0.578. The van der Waals surface area contributed by atoms with Gasteiger partial charge in [-0.3, -0.25) is 0 Å². The van der Waals surface area contributed by atoms with Crippen LogP contribution in [0.1, 0.15) is 11.8 Å². The molecular weight excluding hydrogens is 192 g/mol. The van der Waals surface area contributed by atoms with Gasteiger partial charge >= 0.3 is 0 Å². The number of nitrogens with zero attached hydrogens (tertiary/aromatic N) is 1. The van der Waals surface area contributed by atoms with Crippen molar-refractivity contribution in [3.8, 4) is 10.6 Å². The molecule has 2 rings (SSSR count). The molecular formula is C11H12N2S. The summed E-state index contributed by atoms with van der Waals surface area (Å²) in [4.78, 5) is 6.85. The van der Waals surface area contributed by atoms with Gasteiger partial charge in [0.25, 0.3) is 0 Å². The second-order valence-electron chi connectivity index (χ2n) is 3.07. The fraction of sp³-hybridized carbons (Fsp3) is 0.182. The van der Waals surface area contributed by atoms with Crippen LogP contribution in [0.25, 0.3) is 10.6 Å². The first kappa shape index (κ1) is 9.21. The summed E-state index contributed by atoms with van der Waals surface area (Å²) in [7, 11) is 0. The zero-order chi connectivity index (χ0) is 9.97. The van der Waals surface area contributed by atoms with Crippen LogP contribution in [0.3, 0.4) is 0 Å². The summed E-state index contributed by atoms with van der Waals surface area (Å²) in [6, 6.07) is 9.97. The van der Waals surface area contributed by atoms with E-state index in [9.17, 15) is 0 Å². The Hall–Kier alpha value is -1.35. The van der Waals surface area contributed by atoms with Crippen LogP contribution >= 0.6 is 11.3 Å². The Kier molecular flexibility index (Phi) is 2.50. The van der Waals surface area contributed by atoms with Crippen LogP contribution in [0.2, 0.25) is 0 Å². The van der Waals surface area contributed by atoms with Crippen molar-refractivity contribution in [3.63, 3.8) is 0 Å². The molecule has 2 nitrogen and oxygen atoms in total. The van der Waals surface area contributed by atoms with E-state index in [4.69, 9.17) is 5.73 Å². The summed E-state index contributed by atoms with van der Waals surface area (Å²) < 4.78 is 0. The lowest BCUT2D eigenvalue weighted by Gasteiger charge is -1.97. The van der Waals surface area contributed by atoms with Gasteiger partial charge in [0.05, 0.1) is 10.6 Å². The van der Waals surface area contributed by atoms with Gasteiger partial charge in [-0.15, -0.1) is 11.3 Å². The normalized spacial score (nSPS) is 10.4. The van der Waals surface area contributed by atoms with Crippen molar-refractivity contribution in [2.75, 3.05) is 5.73 Å². The number of aromatic nitrogens is 1. The van der Waals surface area contributed by atoms with Gasteiger partial charge < -0.3 is 5.73 Å². The van der Waals surface area contributed by atoms with E-state index in [0.29, 0.717) is 5.82 Å². The third-order valence-corrected chi connectivity index (χ3v) is 3.29. The van der Waals surface area contributed by atoms with Crippen LogP contribution in [-0.4, -0.2) is 4.98 Å². The zero-order valence-electron chi connectivity index (χ0n) is 8.03. The Labute approximate surface area is 87.4 Å². The molecule has 0 aliphatic heterocycles. The molecule has 3 heteroatoms. The maximum absolute atomic E-state index is 5.63. The second-order valence-corrected chi connectivity index (χ2v) is 4.24. The number of thiophene rings is 1. The molecule has 0 saturated heterocycles. The summed E-state index contributed by atoms with van der Waals surface area (Å²) in [5.74, 6) is 0.578. The molecule has 0 aliphatic carbocycles. The lowest BCUT2D eigenvalue weighted by molar-refractivity contribution is 1.19. The molecule has 0 radical (unpaired) electrons. The number of aryl methyl sites for hydroxylation is 1. The van der Waals surface area contributed by atoms with E-state index in [1.165, 1.54) is 9.75 Å². The number of nitrogens with two attached hydrogens (primary N) is 1. The van der Waals surface area contributed by atoms with Gasteiger partial charge in [0.15, 0.2) is 0 Å². The lowest BCUT2D eigenvalue weighted by Crippen LogP contribution is -1.89. The highest BCUT2D eigenvalue weighted by atomic mass is 32.1. The van der Waals surface area contributed by atoms with Crippen LogP contribution in [0.4, 0.5) is 5.82 Å². The molecule has 0 unspecified atom stereocenters. The fourth-order valence-electron chi connectivity index (χ4n) is 1.29. The molecule has 72 valence electrons. The van der Waals surface area contributed by atoms with Crippen LogP contribution in [0.15, 0.2) is 30.3 Å². The van der Waals surface area contributed by atoms with Crippen molar-refractivity contribution >= 4 is 17.2 Å². The molecule has 0 amide bonds. The molecule has 0 fully saturated rings. The van der Waals surface area contributed by atoms with Crippen LogP contribution < -0.4 is 5.73 Å². The van der Waals surface area contributed by atoms with Crippen molar-refractivity contribution in [1.82, 2.24) is 4.98 Å². The van der Waals surface area contributed by atoms with E-state index in [1.807, 2.05) is 12.1 Å². The monoisotopic (exact) mass is 204 g/mol. The van der Waals surface area contributed by atoms with Crippen molar-refractivity contribution < 1.29 is 0 Å². The minimum Gasteiger partial charge on any atom is -0.384 e. The number of nitrogen functional groups attached to an aromatic ring is 1. The molecule has 14 heavy (non-hydrogen) atoms. The molecule has 2 aromatic heterocycles. The van der Waals surface area contributed by atoms with Crippen LogP contribution in [-0.2, 0) is 6.42 Å². The first-order valence-electron chi connectivity index (χ1n) is 4.61. The number of pyridine rings is 1. The summed E-state index contributed by atoms with van der Waals surface area (Å²) >= 11 is 1.78. The summed E-state index contributed by atoms with van der Waals surface area (Å²) in [6.45, 7) is 2.16. The third-order valence-electron chi connectivity index (χ3n) is 2.03. The van der Waals surface area contributed by atoms with Gasteiger partial charge in [0.1, 0.15) is 5.82 Å². The predicted molar refractivity (Wildman–Crippen MR) is 61.3 cm³/mol. The van der Waals surface area contributed by atoms with Gasteiger partial charge in [-0.2, -0.15) is 0 Å². The van der Waals surface area contributed by atoms with Crippen LogP contribution in [0, 0.1) is 0 Å². The molecule has 0 spiro atoms. The lowest BCUT2D eigenvalue weighted by atomic mass is 10.3. The first-order valence-corrected chi connectivity index (χ1v) is 5.43. The molecule has 2 heterocycles. The van der Waals surface area contributed by atoms with Gasteiger partial charge in [-0.05, 0) is 30.7 Å². The maximum atomic E-state index is 5.63. The fourth-order valence-corrected chi connectivity index (χ4v) is 2.21. The SMILES string of the molecule is CCc1ccc(-c2cccc(N)n2)s1. The Balaban J connectivity index is 2.39. The summed E-state index contributed by atoms with van der Waals surface area (Å²) in [5.41, 5.74) is 6.60. The molecule has 0 bridgehead atoms. The Morgan fingerprint density at radius 3 is 2.79 bits per heavy atom. The summed E-state index contributed by atoms with van der Waals surface area (Å²) in [5, 5.41) is 0. The van der Waals surface area contributed by atoms with Crippen molar-refractivity contribution in [2.45, 2.75) is 13.3 Å². The standard InChI is InChI=1S/C11H12N2S/c1-2-8-6-7-10(14-8)9-4-3-5-11(12)13-9/h3-7H,2H2,1H3,(H2,12,13). The van der Waals surface area contributed by atoms with E-state index >= 15 is 0 Å². The topological polar surface area (TPSA) is 38.9 Å². The highest BCUT2D eigenvalue weighted by Gasteiger charge is 2.02. The molecule has 0 aliphatic rings. The second kappa shape index (κ2) is 3.80. The average molecular weight is 204 g/mol. The largest absolute Gasteiger partial charge is 0.384 e. The third kappa shape index (κ3) is 1.77. The van der Waals surface area contributed by atoms with Gasteiger partial charge in [0, 0.05) is 4.88 Å². The molecule has 0 aromatic carbocycles. The first-order chi connectivity index (χ1) is 6.79. The van der Waals surface area contributed by atoms with E-state index < -0.39 is 0 Å². The van der Waals surface area contributed by atoms with Crippen molar-refractivity contribution in [1.29, 1.82) is 0 Å². The number of hydrogen-bond donors (Lipinski definition) is 1. The van der Waals surface area contributed by atoms with Gasteiger partial charge in [0.2, 0.25) is 0 Å². The maximum Gasteiger partial charge on any atom is 0.124 e. The highest BCUT2D eigenvalue weighted by molar-refractivity contribution is 7.15. The molecule has 0 atom stereocenters. The molecule has 0 saturated carbocycles. The number of rotatable bonds is 2. The average Bonchev–Trinajstić information content (AvgIpc) is 2.66. The Morgan fingerprint density at radius 2 is 2.14 bits per heavy atom. The quantitative estimate of drug-likeness (QED) is 0.816. The zero-order valence-corrected chi connectivity index (χ0v) is 8.84. The summed E-state index contributed by atoms with van der Waals surface area (Å²) in [6.07, 6.45) is 1.08. The van der Waals surface area contributed by atoms with E-state index in [1.54, 1.807) is 17.4 Å². The molecule has 2 N–H and O–H groups in total. The predicted octanol–water partition coefficient (Wildman–Crippen LogP) is 2.95. The van der Waals surface area contributed by atoms with Crippen molar-refractivity contribution in [2.24, 2.45) is 0 Å². The van der Waals surface area contributed by atoms with Gasteiger partial charge in [-0.25, -0.2) is 4.98 Å². The van der Waals surface area contributed by atoms with Crippen LogP contribution in [0.5, 0.6) is 0 Å². The number of hydrogen-bond acceptors (Lipinski definition) is 3. The van der Waals surface area contributed by atoms with Gasteiger partial charge in [-0.1, -0.05) is 13.0 Å². The Morgan fingerprint density at radius 1 is 1.29 bits per heavy atom. The number of anilines is 1. The van der Waals surface area contributed by atoms with Crippen molar-refractivity contribution in [3.05, 3.63) is 35.2 Å². The minimum atomic E-state index is 0.578.